The van der Waals surface area contributed by atoms with Crippen molar-refractivity contribution in [2.24, 2.45) is 5.73 Å². The molecule has 0 aliphatic heterocycles. The summed E-state index contributed by atoms with van der Waals surface area (Å²) in [6.45, 7) is 0. The summed E-state index contributed by atoms with van der Waals surface area (Å²) in [5, 5.41) is 14.5. The van der Waals surface area contributed by atoms with Gasteiger partial charge in [0.2, 0.25) is 0 Å². The molecular formula is C14H17FN4O. The molecule has 106 valence electrons. The maximum atomic E-state index is 13.2. The van der Waals surface area contributed by atoms with E-state index in [1.54, 1.807) is 23.1 Å². The second-order valence-electron chi connectivity index (χ2n) is 5.21. The first kappa shape index (κ1) is 13.2. The number of aliphatic hydroxyl groups is 1. The minimum atomic E-state index is -0.620. The third-order valence-electron chi connectivity index (χ3n) is 3.80. The van der Waals surface area contributed by atoms with Crippen molar-refractivity contribution in [1.82, 2.24) is 14.8 Å². The molecule has 20 heavy (non-hydrogen) atoms. The highest BCUT2D eigenvalue weighted by atomic mass is 19.1. The molecule has 0 unspecified atom stereocenters. The third kappa shape index (κ3) is 2.44. The van der Waals surface area contributed by atoms with Crippen LogP contribution in [-0.4, -0.2) is 32.0 Å². The van der Waals surface area contributed by atoms with Gasteiger partial charge in [0, 0.05) is 11.6 Å². The molecule has 1 heterocycles. The first-order valence-corrected chi connectivity index (χ1v) is 6.76. The van der Waals surface area contributed by atoms with E-state index in [-0.39, 0.29) is 17.9 Å². The maximum absolute atomic E-state index is 13.2. The number of halogens is 1. The van der Waals surface area contributed by atoms with Crippen molar-refractivity contribution in [3.63, 3.8) is 0 Å². The standard InChI is InChI=1S/C14H17FN4O/c15-10-4-1-3-9(7-10)14-17-8-19(18-14)12-6-2-5-11(16)13(12)20/h1,3-4,7-8,11-13,20H,2,5-6,16H2/t11-,12+,13+/m0/s1. The number of nitrogens with zero attached hydrogens (tertiary/aromatic N) is 3. The van der Waals surface area contributed by atoms with E-state index in [0.29, 0.717) is 11.4 Å². The predicted molar refractivity (Wildman–Crippen MR) is 72.3 cm³/mol. The minimum absolute atomic E-state index is 0.159. The van der Waals surface area contributed by atoms with Crippen LogP contribution >= 0.6 is 0 Å². The van der Waals surface area contributed by atoms with Gasteiger partial charge in [0.1, 0.15) is 12.1 Å². The molecule has 3 atom stereocenters. The van der Waals surface area contributed by atoms with Crippen LogP contribution in [0.4, 0.5) is 4.39 Å². The van der Waals surface area contributed by atoms with Gasteiger partial charge >= 0.3 is 0 Å². The number of nitrogens with two attached hydrogens (primary N) is 1. The molecule has 0 bridgehead atoms. The van der Waals surface area contributed by atoms with E-state index in [9.17, 15) is 9.50 Å². The molecule has 1 fully saturated rings. The van der Waals surface area contributed by atoms with Gasteiger partial charge in [-0.05, 0) is 31.4 Å². The summed E-state index contributed by atoms with van der Waals surface area (Å²) in [6.07, 6.45) is 3.56. The molecule has 1 aromatic carbocycles. The number of hydrogen-bond acceptors (Lipinski definition) is 4. The van der Waals surface area contributed by atoms with Gasteiger partial charge in [-0.25, -0.2) is 14.1 Å². The Labute approximate surface area is 116 Å². The molecule has 1 aliphatic carbocycles. The number of aliphatic hydroxyl groups excluding tert-OH is 1. The summed E-state index contributed by atoms with van der Waals surface area (Å²) in [7, 11) is 0. The highest BCUT2D eigenvalue weighted by Crippen LogP contribution is 2.28. The van der Waals surface area contributed by atoms with Crippen LogP contribution in [0.25, 0.3) is 11.4 Å². The second-order valence-corrected chi connectivity index (χ2v) is 5.21. The van der Waals surface area contributed by atoms with Crippen LogP contribution in [0.2, 0.25) is 0 Å². The van der Waals surface area contributed by atoms with Crippen molar-refractivity contribution < 1.29 is 9.50 Å². The van der Waals surface area contributed by atoms with E-state index in [2.05, 4.69) is 10.1 Å². The quantitative estimate of drug-likeness (QED) is 0.871. The van der Waals surface area contributed by atoms with Crippen LogP contribution in [0, 0.1) is 5.82 Å². The zero-order chi connectivity index (χ0) is 14.1. The first-order chi connectivity index (χ1) is 9.65. The summed E-state index contributed by atoms with van der Waals surface area (Å²) in [5.74, 6) is 0.134. The Morgan fingerprint density at radius 3 is 3.00 bits per heavy atom. The molecule has 0 spiro atoms. The molecule has 6 heteroatoms. The molecule has 2 aromatic rings. The summed E-state index contributed by atoms with van der Waals surface area (Å²) >= 11 is 0. The van der Waals surface area contributed by atoms with Crippen molar-refractivity contribution in [3.8, 4) is 11.4 Å². The second kappa shape index (κ2) is 5.30. The molecule has 3 rings (SSSR count). The van der Waals surface area contributed by atoms with E-state index in [1.807, 2.05) is 0 Å². The van der Waals surface area contributed by atoms with Crippen LogP contribution in [-0.2, 0) is 0 Å². The van der Waals surface area contributed by atoms with Gasteiger partial charge in [-0.15, -0.1) is 0 Å². The lowest BCUT2D eigenvalue weighted by molar-refractivity contribution is 0.0514. The smallest absolute Gasteiger partial charge is 0.181 e. The fourth-order valence-corrected chi connectivity index (χ4v) is 2.67. The van der Waals surface area contributed by atoms with Crippen molar-refractivity contribution in [1.29, 1.82) is 0 Å². The zero-order valence-corrected chi connectivity index (χ0v) is 11.0. The Kier molecular flexibility index (Phi) is 3.50. The van der Waals surface area contributed by atoms with Gasteiger partial charge in [0.25, 0.3) is 0 Å². The van der Waals surface area contributed by atoms with Gasteiger partial charge in [-0.1, -0.05) is 12.1 Å². The average molecular weight is 276 g/mol. The minimum Gasteiger partial charge on any atom is -0.389 e. The van der Waals surface area contributed by atoms with Crippen molar-refractivity contribution in [2.75, 3.05) is 0 Å². The van der Waals surface area contributed by atoms with E-state index in [1.165, 1.54) is 12.1 Å². The van der Waals surface area contributed by atoms with Crippen LogP contribution in [0.5, 0.6) is 0 Å². The summed E-state index contributed by atoms with van der Waals surface area (Å²) in [5.41, 5.74) is 6.51. The van der Waals surface area contributed by atoms with E-state index < -0.39 is 6.10 Å². The van der Waals surface area contributed by atoms with Crippen molar-refractivity contribution in [2.45, 2.75) is 37.5 Å². The lowest BCUT2D eigenvalue weighted by atomic mass is 9.89. The Hall–Kier alpha value is -1.79. The van der Waals surface area contributed by atoms with Gasteiger partial charge in [0.15, 0.2) is 5.82 Å². The van der Waals surface area contributed by atoms with Crippen LogP contribution < -0.4 is 5.73 Å². The predicted octanol–water partition coefficient (Wildman–Crippen LogP) is 1.50. The van der Waals surface area contributed by atoms with Gasteiger partial charge in [0.05, 0.1) is 12.1 Å². The topological polar surface area (TPSA) is 77.0 Å². The van der Waals surface area contributed by atoms with E-state index in [4.69, 9.17) is 5.73 Å². The summed E-state index contributed by atoms with van der Waals surface area (Å²) in [4.78, 5) is 4.20. The lowest BCUT2D eigenvalue weighted by Gasteiger charge is -2.32. The normalized spacial score (nSPS) is 26.6. The summed E-state index contributed by atoms with van der Waals surface area (Å²) < 4.78 is 14.9. The zero-order valence-electron chi connectivity index (χ0n) is 11.0. The number of rotatable bonds is 2. The maximum Gasteiger partial charge on any atom is 0.181 e. The van der Waals surface area contributed by atoms with Crippen LogP contribution in [0.1, 0.15) is 25.3 Å². The fourth-order valence-electron chi connectivity index (χ4n) is 2.67. The SMILES string of the molecule is N[C@H]1CCC[C@@H](n2cnc(-c3cccc(F)c3)n2)[C@@H]1O. The third-order valence-corrected chi connectivity index (χ3v) is 3.80. The average Bonchev–Trinajstić information content (AvgIpc) is 2.91. The summed E-state index contributed by atoms with van der Waals surface area (Å²) in [6, 6.07) is 5.76. The fraction of sp³-hybridized carbons (Fsp3) is 0.429. The molecule has 0 amide bonds. The molecule has 1 saturated carbocycles. The van der Waals surface area contributed by atoms with Crippen LogP contribution in [0.15, 0.2) is 30.6 Å². The first-order valence-electron chi connectivity index (χ1n) is 6.76. The molecule has 0 radical (unpaired) electrons. The number of benzene rings is 1. The lowest BCUT2D eigenvalue weighted by Crippen LogP contribution is -2.44. The number of hydrogen-bond donors (Lipinski definition) is 2. The Morgan fingerprint density at radius 1 is 1.35 bits per heavy atom. The van der Waals surface area contributed by atoms with E-state index >= 15 is 0 Å². The molecule has 1 aromatic heterocycles. The van der Waals surface area contributed by atoms with Gasteiger partial charge in [-0.3, -0.25) is 0 Å². The number of aromatic nitrogens is 3. The van der Waals surface area contributed by atoms with E-state index in [0.717, 1.165) is 19.3 Å². The Bertz CT molecular complexity index is 600. The Balaban J connectivity index is 1.86. The highest BCUT2D eigenvalue weighted by molar-refractivity contribution is 5.53. The van der Waals surface area contributed by atoms with Crippen LogP contribution in [0.3, 0.4) is 0 Å². The molecular weight excluding hydrogens is 259 g/mol. The molecule has 5 nitrogen and oxygen atoms in total. The highest BCUT2D eigenvalue weighted by Gasteiger charge is 2.31. The van der Waals surface area contributed by atoms with Crippen molar-refractivity contribution >= 4 is 0 Å². The Morgan fingerprint density at radius 2 is 2.20 bits per heavy atom. The largest absolute Gasteiger partial charge is 0.389 e. The molecule has 1 aliphatic rings. The monoisotopic (exact) mass is 276 g/mol. The van der Waals surface area contributed by atoms with Gasteiger partial charge in [-0.2, -0.15) is 5.10 Å². The molecule has 0 saturated heterocycles. The van der Waals surface area contributed by atoms with Crippen molar-refractivity contribution in [3.05, 3.63) is 36.4 Å². The molecule has 3 N–H and O–H groups in total. The van der Waals surface area contributed by atoms with Gasteiger partial charge < -0.3 is 10.8 Å².